The van der Waals surface area contributed by atoms with Crippen LogP contribution in [0.15, 0.2) is 18.3 Å². The van der Waals surface area contributed by atoms with Gasteiger partial charge in [-0.3, -0.25) is 5.41 Å². The van der Waals surface area contributed by atoms with Gasteiger partial charge in [0.05, 0.1) is 5.60 Å². The van der Waals surface area contributed by atoms with Gasteiger partial charge >= 0.3 is 0 Å². The standard InChI is InChI=1S/C15H22N4O/c16-14(17)11-4-5-13(18-9-11)19-8-7-15(20)6-2-1-3-12(15)10-19/h4-5,9,12,20H,1-3,6-8,10H2,(H3,16,17). The van der Waals surface area contributed by atoms with Crippen LogP contribution >= 0.6 is 0 Å². The summed E-state index contributed by atoms with van der Waals surface area (Å²) in [4.78, 5) is 6.65. The molecule has 5 heteroatoms. The van der Waals surface area contributed by atoms with E-state index in [2.05, 4.69) is 9.88 Å². The zero-order valence-corrected chi connectivity index (χ0v) is 11.7. The number of nitrogen functional groups attached to an aromatic ring is 1. The van der Waals surface area contributed by atoms with Crippen molar-refractivity contribution in [1.29, 1.82) is 5.41 Å². The largest absolute Gasteiger partial charge is 0.389 e. The Kier molecular flexibility index (Phi) is 3.38. The third-order valence-corrected chi connectivity index (χ3v) is 4.81. The Hall–Kier alpha value is -1.62. The first kappa shape index (κ1) is 13.4. The molecule has 20 heavy (non-hydrogen) atoms. The molecular weight excluding hydrogens is 252 g/mol. The normalized spacial score (nSPS) is 29.9. The van der Waals surface area contributed by atoms with Crippen molar-refractivity contribution >= 4 is 11.7 Å². The molecule has 3 rings (SSSR count). The molecule has 2 fully saturated rings. The summed E-state index contributed by atoms with van der Waals surface area (Å²) in [6, 6.07) is 3.76. The Labute approximate surface area is 119 Å². The summed E-state index contributed by atoms with van der Waals surface area (Å²) in [6.07, 6.45) is 6.91. The average molecular weight is 274 g/mol. The Morgan fingerprint density at radius 1 is 1.40 bits per heavy atom. The molecule has 2 atom stereocenters. The summed E-state index contributed by atoms with van der Waals surface area (Å²) in [7, 11) is 0. The summed E-state index contributed by atoms with van der Waals surface area (Å²) < 4.78 is 0. The highest BCUT2D eigenvalue weighted by molar-refractivity contribution is 5.94. The van der Waals surface area contributed by atoms with Crippen LogP contribution in [0.1, 0.15) is 37.7 Å². The molecule has 2 aliphatic rings. The zero-order chi connectivity index (χ0) is 14.2. The van der Waals surface area contributed by atoms with Gasteiger partial charge in [-0.05, 0) is 31.4 Å². The third kappa shape index (κ3) is 2.38. The van der Waals surface area contributed by atoms with Gasteiger partial charge in [-0.15, -0.1) is 0 Å². The molecule has 0 spiro atoms. The molecule has 2 unspecified atom stereocenters. The van der Waals surface area contributed by atoms with Crippen molar-refractivity contribution in [1.82, 2.24) is 4.98 Å². The highest BCUT2D eigenvalue weighted by Crippen LogP contribution is 2.40. The number of hydrogen-bond acceptors (Lipinski definition) is 4. The average Bonchev–Trinajstić information content (AvgIpc) is 2.46. The van der Waals surface area contributed by atoms with Crippen molar-refractivity contribution in [3.63, 3.8) is 0 Å². The van der Waals surface area contributed by atoms with Gasteiger partial charge in [0.1, 0.15) is 11.7 Å². The summed E-state index contributed by atoms with van der Waals surface area (Å²) >= 11 is 0. The third-order valence-electron chi connectivity index (χ3n) is 4.81. The van der Waals surface area contributed by atoms with Crippen LogP contribution in [-0.2, 0) is 0 Å². The number of aromatic nitrogens is 1. The molecule has 2 heterocycles. The number of anilines is 1. The van der Waals surface area contributed by atoms with E-state index in [1.165, 1.54) is 6.42 Å². The van der Waals surface area contributed by atoms with Crippen LogP contribution in [0.2, 0.25) is 0 Å². The monoisotopic (exact) mass is 274 g/mol. The van der Waals surface area contributed by atoms with Crippen molar-refractivity contribution in [2.45, 2.75) is 37.7 Å². The van der Waals surface area contributed by atoms with Gasteiger partial charge in [0.25, 0.3) is 0 Å². The van der Waals surface area contributed by atoms with Crippen LogP contribution in [0, 0.1) is 11.3 Å². The topological polar surface area (TPSA) is 86.2 Å². The molecule has 1 aliphatic carbocycles. The molecule has 1 saturated carbocycles. The predicted molar refractivity (Wildman–Crippen MR) is 79.0 cm³/mol. The molecule has 1 aliphatic heterocycles. The van der Waals surface area contributed by atoms with Crippen molar-refractivity contribution in [3.05, 3.63) is 23.9 Å². The summed E-state index contributed by atoms with van der Waals surface area (Å²) in [5.41, 5.74) is 5.65. The fraction of sp³-hybridized carbons (Fsp3) is 0.600. The first-order valence-electron chi connectivity index (χ1n) is 7.36. The van der Waals surface area contributed by atoms with Crippen molar-refractivity contribution in [3.8, 4) is 0 Å². The maximum atomic E-state index is 10.7. The number of amidine groups is 1. The van der Waals surface area contributed by atoms with Gasteiger partial charge in [0, 0.05) is 30.8 Å². The first-order valence-corrected chi connectivity index (χ1v) is 7.36. The minimum Gasteiger partial charge on any atom is -0.389 e. The first-order chi connectivity index (χ1) is 9.58. The molecule has 108 valence electrons. The molecule has 1 saturated heterocycles. The zero-order valence-electron chi connectivity index (χ0n) is 11.7. The van der Waals surface area contributed by atoms with Crippen molar-refractivity contribution < 1.29 is 5.11 Å². The molecule has 1 aromatic rings. The van der Waals surface area contributed by atoms with Crippen LogP contribution in [0.3, 0.4) is 0 Å². The molecule has 1 aromatic heterocycles. The maximum absolute atomic E-state index is 10.7. The quantitative estimate of drug-likeness (QED) is 0.563. The summed E-state index contributed by atoms with van der Waals surface area (Å²) in [5, 5.41) is 18.1. The van der Waals surface area contributed by atoms with E-state index in [4.69, 9.17) is 11.1 Å². The number of hydrogen-bond donors (Lipinski definition) is 3. The lowest BCUT2D eigenvalue weighted by atomic mass is 9.71. The smallest absolute Gasteiger partial charge is 0.128 e. The maximum Gasteiger partial charge on any atom is 0.128 e. The van der Waals surface area contributed by atoms with Gasteiger partial charge in [-0.1, -0.05) is 12.8 Å². The van der Waals surface area contributed by atoms with E-state index < -0.39 is 5.60 Å². The van der Waals surface area contributed by atoms with Crippen LogP contribution in [-0.4, -0.2) is 34.6 Å². The van der Waals surface area contributed by atoms with Gasteiger partial charge in [0.2, 0.25) is 0 Å². The van der Waals surface area contributed by atoms with Gasteiger partial charge in [-0.2, -0.15) is 0 Å². The molecule has 0 aromatic carbocycles. The van der Waals surface area contributed by atoms with Crippen molar-refractivity contribution in [2.75, 3.05) is 18.0 Å². The van der Waals surface area contributed by atoms with E-state index in [0.29, 0.717) is 11.5 Å². The SMILES string of the molecule is N=C(N)c1ccc(N2CCC3(O)CCCCC3C2)nc1. The Bertz CT molecular complexity index is 501. The van der Waals surface area contributed by atoms with Gasteiger partial charge < -0.3 is 15.7 Å². The second-order valence-corrected chi connectivity index (χ2v) is 6.06. The van der Waals surface area contributed by atoms with E-state index in [1.54, 1.807) is 6.20 Å². The lowest BCUT2D eigenvalue weighted by Crippen LogP contribution is -2.53. The Morgan fingerprint density at radius 3 is 2.95 bits per heavy atom. The highest BCUT2D eigenvalue weighted by Gasteiger charge is 2.42. The molecular formula is C15H22N4O. The highest BCUT2D eigenvalue weighted by atomic mass is 16.3. The summed E-state index contributed by atoms with van der Waals surface area (Å²) in [6.45, 7) is 1.72. The minimum absolute atomic E-state index is 0.0457. The second kappa shape index (κ2) is 5.05. The van der Waals surface area contributed by atoms with E-state index in [-0.39, 0.29) is 5.84 Å². The number of pyridine rings is 1. The fourth-order valence-electron chi connectivity index (χ4n) is 3.51. The van der Waals surface area contributed by atoms with Gasteiger partial charge in [-0.25, -0.2) is 4.98 Å². The van der Waals surface area contributed by atoms with Crippen LogP contribution in [0.4, 0.5) is 5.82 Å². The lowest BCUT2D eigenvalue weighted by Gasteiger charge is -2.47. The number of nitrogens with zero attached hydrogens (tertiary/aromatic N) is 2. The van der Waals surface area contributed by atoms with Gasteiger partial charge in [0.15, 0.2) is 0 Å². The van der Waals surface area contributed by atoms with Crippen LogP contribution < -0.4 is 10.6 Å². The number of piperidine rings is 1. The van der Waals surface area contributed by atoms with E-state index >= 15 is 0 Å². The number of nitrogens with two attached hydrogens (primary N) is 1. The number of fused-ring (bicyclic) bond motifs is 1. The minimum atomic E-state index is -0.450. The fourth-order valence-corrected chi connectivity index (χ4v) is 3.51. The van der Waals surface area contributed by atoms with Crippen LogP contribution in [0.5, 0.6) is 0 Å². The van der Waals surface area contributed by atoms with E-state index in [0.717, 1.165) is 44.6 Å². The number of aliphatic hydroxyl groups is 1. The van der Waals surface area contributed by atoms with Crippen LogP contribution in [0.25, 0.3) is 0 Å². The summed E-state index contributed by atoms with van der Waals surface area (Å²) in [5.74, 6) is 1.33. The Morgan fingerprint density at radius 2 is 2.25 bits per heavy atom. The van der Waals surface area contributed by atoms with E-state index in [9.17, 15) is 5.11 Å². The number of nitrogens with one attached hydrogen (secondary N) is 1. The molecule has 0 bridgehead atoms. The number of rotatable bonds is 2. The molecule has 0 radical (unpaired) electrons. The second-order valence-electron chi connectivity index (χ2n) is 6.06. The van der Waals surface area contributed by atoms with Crippen molar-refractivity contribution in [2.24, 2.45) is 11.7 Å². The molecule has 4 N–H and O–H groups in total. The predicted octanol–water partition coefficient (Wildman–Crippen LogP) is 1.50. The lowest BCUT2D eigenvalue weighted by molar-refractivity contribution is -0.0613. The molecule has 5 nitrogen and oxygen atoms in total. The Balaban J connectivity index is 1.74. The van der Waals surface area contributed by atoms with E-state index in [1.807, 2.05) is 12.1 Å². The molecule has 0 amide bonds.